The van der Waals surface area contributed by atoms with Crippen molar-refractivity contribution >= 4 is 22.5 Å². The van der Waals surface area contributed by atoms with Crippen molar-refractivity contribution in [2.75, 3.05) is 5.32 Å². The zero-order valence-electron chi connectivity index (χ0n) is 11.4. The Morgan fingerprint density at radius 3 is 2.81 bits per heavy atom. The van der Waals surface area contributed by atoms with E-state index in [0.717, 1.165) is 10.9 Å². The van der Waals surface area contributed by atoms with E-state index < -0.39 is 0 Å². The molecule has 1 aromatic heterocycles. The summed E-state index contributed by atoms with van der Waals surface area (Å²) in [7, 11) is 0. The van der Waals surface area contributed by atoms with Crippen LogP contribution in [0, 0.1) is 12.7 Å². The van der Waals surface area contributed by atoms with Gasteiger partial charge in [0.1, 0.15) is 5.82 Å². The first-order valence-electron chi connectivity index (χ1n) is 6.56. The second kappa shape index (κ2) is 5.32. The summed E-state index contributed by atoms with van der Waals surface area (Å²) in [4.78, 5) is 16.6. The van der Waals surface area contributed by atoms with E-state index in [9.17, 15) is 9.18 Å². The minimum absolute atomic E-state index is 0.260. The van der Waals surface area contributed by atoms with Crippen LogP contribution < -0.4 is 5.32 Å². The molecule has 0 unspecified atom stereocenters. The Hall–Kier alpha value is -2.75. The molecule has 0 bridgehead atoms. The predicted octanol–water partition coefficient (Wildman–Crippen LogP) is 3.93. The summed E-state index contributed by atoms with van der Waals surface area (Å²) in [6, 6.07) is 13.4. The maximum absolute atomic E-state index is 13.1. The molecule has 21 heavy (non-hydrogen) atoms. The Kier molecular flexibility index (Phi) is 3.36. The SMILES string of the molecule is Cc1cc(F)ccc1C(=O)Nc1cccc2ncccc12. The monoisotopic (exact) mass is 280 g/mol. The van der Waals surface area contributed by atoms with Crippen molar-refractivity contribution in [1.29, 1.82) is 0 Å². The molecular weight excluding hydrogens is 267 g/mol. The lowest BCUT2D eigenvalue weighted by Gasteiger charge is -2.10. The summed E-state index contributed by atoms with van der Waals surface area (Å²) in [6.45, 7) is 1.71. The average molecular weight is 280 g/mol. The molecule has 2 aromatic carbocycles. The predicted molar refractivity (Wildman–Crippen MR) is 80.8 cm³/mol. The molecule has 3 rings (SSSR count). The van der Waals surface area contributed by atoms with Crippen molar-refractivity contribution in [3.05, 3.63) is 71.7 Å². The van der Waals surface area contributed by atoms with Gasteiger partial charge in [0.15, 0.2) is 0 Å². The number of benzene rings is 2. The first-order chi connectivity index (χ1) is 10.1. The number of rotatable bonds is 2. The molecular formula is C17H13FN2O. The highest BCUT2D eigenvalue weighted by Gasteiger charge is 2.11. The van der Waals surface area contributed by atoms with E-state index in [2.05, 4.69) is 10.3 Å². The lowest BCUT2D eigenvalue weighted by Crippen LogP contribution is -2.13. The number of aryl methyl sites for hydroxylation is 1. The van der Waals surface area contributed by atoms with Gasteiger partial charge in [0.2, 0.25) is 0 Å². The zero-order chi connectivity index (χ0) is 14.8. The largest absolute Gasteiger partial charge is 0.321 e. The number of halogens is 1. The standard InChI is InChI=1S/C17H13FN2O/c1-11-10-12(18)7-8-13(11)17(21)20-16-6-2-5-15-14(16)4-3-9-19-15/h2-10H,1H3,(H,20,21). The summed E-state index contributed by atoms with van der Waals surface area (Å²) >= 11 is 0. The van der Waals surface area contributed by atoms with Gasteiger partial charge in [0.25, 0.3) is 5.91 Å². The van der Waals surface area contributed by atoms with E-state index in [1.807, 2.05) is 30.3 Å². The molecule has 0 radical (unpaired) electrons. The maximum atomic E-state index is 13.1. The lowest BCUT2D eigenvalue weighted by molar-refractivity contribution is 0.102. The summed E-state index contributed by atoms with van der Waals surface area (Å²) in [5.74, 6) is -0.609. The fraction of sp³-hybridized carbons (Fsp3) is 0.0588. The summed E-state index contributed by atoms with van der Waals surface area (Å²) < 4.78 is 13.1. The second-order valence-corrected chi connectivity index (χ2v) is 4.79. The van der Waals surface area contributed by atoms with Crippen LogP contribution in [0.25, 0.3) is 10.9 Å². The fourth-order valence-corrected chi connectivity index (χ4v) is 2.28. The van der Waals surface area contributed by atoms with E-state index in [4.69, 9.17) is 0 Å². The third kappa shape index (κ3) is 2.60. The number of hydrogen-bond donors (Lipinski definition) is 1. The number of amides is 1. The van der Waals surface area contributed by atoms with E-state index >= 15 is 0 Å². The van der Waals surface area contributed by atoms with E-state index in [1.165, 1.54) is 18.2 Å². The molecule has 3 aromatic rings. The molecule has 1 amide bonds. The molecule has 104 valence electrons. The number of fused-ring (bicyclic) bond motifs is 1. The van der Waals surface area contributed by atoms with Gasteiger partial charge in [-0.05, 0) is 55.0 Å². The molecule has 0 aliphatic rings. The quantitative estimate of drug-likeness (QED) is 0.772. The minimum Gasteiger partial charge on any atom is -0.321 e. The van der Waals surface area contributed by atoms with E-state index in [-0.39, 0.29) is 11.7 Å². The molecule has 1 heterocycles. The van der Waals surface area contributed by atoms with Crippen LogP contribution >= 0.6 is 0 Å². The highest BCUT2D eigenvalue weighted by molar-refractivity contribution is 6.09. The molecule has 0 saturated heterocycles. The number of nitrogens with one attached hydrogen (secondary N) is 1. The summed E-state index contributed by atoms with van der Waals surface area (Å²) in [5, 5.41) is 3.73. The molecule has 0 aliphatic carbocycles. The molecule has 0 spiro atoms. The summed E-state index contributed by atoms with van der Waals surface area (Å²) in [6.07, 6.45) is 1.71. The van der Waals surface area contributed by atoms with Crippen LogP contribution in [0.5, 0.6) is 0 Å². The number of carbonyl (C=O) groups is 1. The van der Waals surface area contributed by atoms with Gasteiger partial charge < -0.3 is 5.32 Å². The molecule has 0 aliphatic heterocycles. The zero-order valence-corrected chi connectivity index (χ0v) is 11.4. The Bertz CT molecular complexity index is 825. The Morgan fingerprint density at radius 2 is 2.00 bits per heavy atom. The van der Waals surface area contributed by atoms with Crippen LogP contribution in [-0.2, 0) is 0 Å². The van der Waals surface area contributed by atoms with Crippen LogP contribution in [0.2, 0.25) is 0 Å². The van der Waals surface area contributed by atoms with Crippen molar-refractivity contribution in [2.24, 2.45) is 0 Å². The van der Waals surface area contributed by atoms with Gasteiger partial charge >= 0.3 is 0 Å². The minimum atomic E-state index is -0.349. The number of carbonyl (C=O) groups excluding carboxylic acids is 1. The molecule has 3 nitrogen and oxygen atoms in total. The number of anilines is 1. The van der Waals surface area contributed by atoms with Crippen LogP contribution in [0.15, 0.2) is 54.7 Å². The highest BCUT2D eigenvalue weighted by Crippen LogP contribution is 2.22. The number of nitrogens with zero attached hydrogens (tertiary/aromatic N) is 1. The fourth-order valence-electron chi connectivity index (χ4n) is 2.28. The van der Waals surface area contributed by atoms with Gasteiger partial charge in [-0.3, -0.25) is 9.78 Å². The van der Waals surface area contributed by atoms with Crippen molar-refractivity contribution in [2.45, 2.75) is 6.92 Å². The van der Waals surface area contributed by atoms with Gasteiger partial charge in [-0.1, -0.05) is 6.07 Å². The molecule has 0 saturated carbocycles. The van der Waals surface area contributed by atoms with E-state index in [0.29, 0.717) is 16.8 Å². The molecule has 1 N–H and O–H groups in total. The van der Waals surface area contributed by atoms with Crippen molar-refractivity contribution in [1.82, 2.24) is 4.98 Å². The first kappa shape index (κ1) is 13.2. The number of aromatic nitrogens is 1. The van der Waals surface area contributed by atoms with Crippen molar-refractivity contribution < 1.29 is 9.18 Å². The topological polar surface area (TPSA) is 42.0 Å². The highest BCUT2D eigenvalue weighted by atomic mass is 19.1. The maximum Gasteiger partial charge on any atom is 0.255 e. The van der Waals surface area contributed by atoms with Crippen molar-refractivity contribution in [3.8, 4) is 0 Å². The third-order valence-electron chi connectivity index (χ3n) is 3.33. The van der Waals surface area contributed by atoms with Crippen LogP contribution in [-0.4, -0.2) is 10.9 Å². The smallest absolute Gasteiger partial charge is 0.255 e. The van der Waals surface area contributed by atoms with Gasteiger partial charge in [-0.15, -0.1) is 0 Å². The molecule has 0 atom stereocenters. The van der Waals surface area contributed by atoms with Crippen molar-refractivity contribution in [3.63, 3.8) is 0 Å². The molecule has 4 heteroatoms. The second-order valence-electron chi connectivity index (χ2n) is 4.79. The molecule has 0 fully saturated rings. The van der Waals surface area contributed by atoms with Gasteiger partial charge in [0, 0.05) is 17.1 Å². The average Bonchev–Trinajstić information content (AvgIpc) is 2.47. The van der Waals surface area contributed by atoms with Gasteiger partial charge in [0.05, 0.1) is 11.2 Å². The van der Waals surface area contributed by atoms with Gasteiger partial charge in [-0.2, -0.15) is 0 Å². The Labute approximate surface area is 121 Å². The normalized spacial score (nSPS) is 10.6. The summed E-state index contributed by atoms with van der Waals surface area (Å²) in [5.41, 5.74) is 2.56. The van der Waals surface area contributed by atoms with Gasteiger partial charge in [-0.25, -0.2) is 4.39 Å². The Morgan fingerprint density at radius 1 is 1.14 bits per heavy atom. The first-order valence-corrected chi connectivity index (χ1v) is 6.56. The van der Waals surface area contributed by atoms with Crippen LogP contribution in [0.3, 0.4) is 0 Å². The van der Waals surface area contributed by atoms with Crippen LogP contribution in [0.1, 0.15) is 15.9 Å². The third-order valence-corrected chi connectivity index (χ3v) is 3.33. The van der Waals surface area contributed by atoms with E-state index in [1.54, 1.807) is 13.1 Å². The Balaban J connectivity index is 1.97. The van der Waals surface area contributed by atoms with Crippen LogP contribution in [0.4, 0.5) is 10.1 Å². The lowest BCUT2D eigenvalue weighted by atomic mass is 10.1. The number of pyridine rings is 1. The number of hydrogen-bond acceptors (Lipinski definition) is 2.